The van der Waals surface area contributed by atoms with Gasteiger partial charge in [0.15, 0.2) is 5.96 Å². The van der Waals surface area contributed by atoms with Crippen molar-refractivity contribution in [3.05, 3.63) is 29.3 Å². The number of nitrogens with zero attached hydrogens (tertiary/aromatic N) is 4. The van der Waals surface area contributed by atoms with Crippen molar-refractivity contribution < 1.29 is 4.74 Å². The van der Waals surface area contributed by atoms with Gasteiger partial charge in [-0.15, -0.1) is 0 Å². The molecule has 0 spiro atoms. The Bertz CT molecular complexity index is 676. The van der Waals surface area contributed by atoms with Gasteiger partial charge in [-0.1, -0.05) is 12.1 Å². The van der Waals surface area contributed by atoms with Gasteiger partial charge in [0, 0.05) is 64.7 Å². The molecule has 0 amide bonds. The molecule has 0 bridgehead atoms. The van der Waals surface area contributed by atoms with E-state index in [1.54, 1.807) is 0 Å². The van der Waals surface area contributed by atoms with Crippen molar-refractivity contribution in [2.24, 2.45) is 4.99 Å². The minimum Gasteiger partial charge on any atom is -0.378 e. The van der Waals surface area contributed by atoms with Gasteiger partial charge in [-0.25, -0.2) is 0 Å². The van der Waals surface area contributed by atoms with Crippen LogP contribution in [0.25, 0.3) is 0 Å². The number of aliphatic imine (C=N–C) groups is 1. The van der Waals surface area contributed by atoms with Crippen LogP contribution in [0, 0.1) is 13.8 Å². The number of benzene rings is 1. The molecule has 0 aromatic heterocycles. The Hall–Kier alpha value is -1.79. The van der Waals surface area contributed by atoms with Crippen LogP contribution in [0.5, 0.6) is 0 Å². The summed E-state index contributed by atoms with van der Waals surface area (Å²) in [7, 11) is 0. The molecule has 6 heteroatoms. The number of hydrogen-bond donors (Lipinski definition) is 1. The molecule has 2 heterocycles. The Morgan fingerprint density at radius 2 is 1.80 bits per heavy atom. The Kier molecular flexibility index (Phi) is 8.82. The fraction of sp³-hybridized carbons (Fsp3) is 0.708. The molecule has 2 aliphatic rings. The fourth-order valence-corrected chi connectivity index (χ4v) is 4.48. The largest absolute Gasteiger partial charge is 0.378 e. The first kappa shape index (κ1) is 22.9. The number of piperazine rings is 1. The molecule has 30 heavy (non-hydrogen) atoms. The second kappa shape index (κ2) is 11.6. The number of rotatable bonds is 7. The minimum absolute atomic E-state index is 0.419. The van der Waals surface area contributed by atoms with Gasteiger partial charge in [-0.2, -0.15) is 0 Å². The molecular formula is C24H41N5O. The van der Waals surface area contributed by atoms with E-state index in [1.807, 2.05) is 0 Å². The van der Waals surface area contributed by atoms with E-state index in [0.29, 0.717) is 6.10 Å². The Balaban J connectivity index is 1.45. The van der Waals surface area contributed by atoms with E-state index in [4.69, 9.17) is 9.73 Å². The third kappa shape index (κ3) is 6.11. The van der Waals surface area contributed by atoms with Crippen molar-refractivity contribution in [3.63, 3.8) is 0 Å². The molecule has 0 saturated carbocycles. The van der Waals surface area contributed by atoms with E-state index in [9.17, 15) is 0 Å². The third-order valence-corrected chi connectivity index (χ3v) is 6.45. The van der Waals surface area contributed by atoms with Crippen LogP contribution >= 0.6 is 0 Å². The van der Waals surface area contributed by atoms with E-state index >= 15 is 0 Å². The average molecular weight is 416 g/mol. The molecule has 1 aromatic carbocycles. The monoisotopic (exact) mass is 415 g/mol. The maximum absolute atomic E-state index is 5.79. The van der Waals surface area contributed by atoms with Crippen LogP contribution in [0.3, 0.4) is 0 Å². The number of anilines is 1. The Morgan fingerprint density at radius 1 is 1.07 bits per heavy atom. The van der Waals surface area contributed by atoms with Gasteiger partial charge in [0.1, 0.15) is 0 Å². The van der Waals surface area contributed by atoms with Gasteiger partial charge < -0.3 is 19.9 Å². The van der Waals surface area contributed by atoms with Crippen LogP contribution in [0.2, 0.25) is 0 Å². The van der Waals surface area contributed by atoms with Crippen molar-refractivity contribution in [1.82, 2.24) is 15.1 Å². The quantitative estimate of drug-likeness (QED) is 0.548. The summed E-state index contributed by atoms with van der Waals surface area (Å²) in [6.07, 6.45) is 2.61. The van der Waals surface area contributed by atoms with Crippen molar-refractivity contribution in [1.29, 1.82) is 0 Å². The summed E-state index contributed by atoms with van der Waals surface area (Å²) in [5.74, 6) is 1.07. The highest BCUT2D eigenvalue weighted by molar-refractivity contribution is 5.80. The molecule has 6 nitrogen and oxygen atoms in total. The van der Waals surface area contributed by atoms with Gasteiger partial charge in [-0.05, 0) is 57.7 Å². The number of guanidine groups is 1. The molecule has 0 radical (unpaired) electrons. The highest BCUT2D eigenvalue weighted by Crippen LogP contribution is 2.23. The molecule has 0 atom stereocenters. The molecular weight excluding hydrogens is 374 g/mol. The summed E-state index contributed by atoms with van der Waals surface area (Å²) < 4.78 is 5.79. The van der Waals surface area contributed by atoms with Crippen LogP contribution in [0.4, 0.5) is 5.69 Å². The van der Waals surface area contributed by atoms with E-state index in [2.05, 4.69) is 65.9 Å². The predicted octanol–water partition coefficient (Wildman–Crippen LogP) is 2.89. The predicted molar refractivity (Wildman–Crippen MR) is 127 cm³/mol. The summed E-state index contributed by atoms with van der Waals surface area (Å²) in [4.78, 5) is 12.4. The lowest BCUT2D eigenvalue weighted by Crippen LogP contribution is -2.48. The number of aryl methyl sites for hydroxylation is 1. The van der Waals surface area contributed by atoms with Crippen molar-refractivity contribution in [2.45, 2.75) is 46.6 Å². The maximum Gasteiger partial charge on any atom is 0.193 e. The van der Waals surface area contributed by atoms with Crippen molar-refractivity contribution in [2.75, 3.05) is 70.4 Å². The van der Waals surface area contributed by atoms with Crippen LogP contribution in [0.1, 0.15) is 37.8 Å². The topological polar surface area (TPSA) is 43.3 Å². The van der Waals surface area contributed by atoms with Gasteiger partial charge in [0.2, 0.25) is 0 Å². The molecule has 3 rings (SSSR count). The number of likely N-dealkylation sites (tertiary alicyclic amines) is 1. The molecule has 2 fully saturated rings. The summed E-state index contributed by atoms with van der Waals surface area (Å²) >= 11 is 0. The Labute approximate surface area is 183 Å². The highest BCUT2D eigenvalue weighted by atomic mass is 16.5. The first-order valence-electron chi connectivity index (χ1n) is 11.8. The molecule has 1 N–H and O–H groups in total. The fourth-order valence-electron chi connectivity index (χ4n) is 4.48. The smallest absolute Gasteiger partial charge is 0.193 e. The number of hydrogen-bond acceptors (Lipinski definition) is 4. The number of piperidine rings is 1. The third-order valence-electron chi connectivity index (χ3n) is 6.45. The highest BCUT2D eigenvalue weighted by Gasteiger charge is 2.22. The standard InChI is InChI=1S/C24H41N5O/c1-5-25-24(29-13-10-22(11-14-29)30-6-2)26-12-15-27-16-18-28(19-17-27)23-9-7-8-20(3)21(23)4/h7-9,22H,5-6,10-19H2,1-4H3,(H,25,26). The molecule has 2 aliphatic heterocycles. The zero-order valence-electron chi connectivity index (χ0n) is 19.5. The van der Waals surface area contributed by atoms with Crippen molar-refractivity contribution in [3.8, 4) is 0 Å². The number of nitrogens with one attached hydrogen (secondary N) is 1. The van der Waals surface area contributed by atoms with E-state index in [0.717, 1.165) is 84.3 Å². The molecule has 2 saturated heterocycles. The van der Waals surface area contributed by atoms with Crippen LogP contribution in [-0.4, -0.2) is 87.4 Å². The Morgan fingerprint density at radius 3 is 2.47 bits per heavy atom. The molecule has 0 unspecified atom stereocenters. The van der Waals surface area contributed by atoms with Gasteiger partial charge in [0.25, 0.3) is 0 Å². The lowest BCUT2D eigenvalue weighted by molar-refractivity contribution is 0.0263. The first-order chi connectivity index (χ1) is 14.6. The summed E-state index contributed by atoms with van der Waals surface area (Å²) in [6.45, 7) is 18.8. The summed E-state index contributed by atoms with van der Waals surface area (Å²) in [5, 5.41) is 3.49. The second-order valence-electron chi connectivity index (χ2n) is 8.43. The molecule has 1 aromatic rings. The maximum atomic E-state index is 5.79. The van der Waals surface area contributed by atoms with E-state index in [-0.39, 0.29) is 0 Å². The molecule has 0 aliphatic carbocycles. The zero-order chi connectivity index (χ0) is 21.3. The minimum atomic E-state index is 0.419. The van der Waals surface area contributed by atoms with Crippen LogP contribution in [-0.2, 0) is 4.74 Å². The van der Waals surface area contributed by atoms with Crippen LogP contribution < -0.4 is 10.2 Å². The zero-order valence-corrected chi connectivity index (χ0v) is 19.5. The SMILES string of the molecule is CCNC(=NCCN1CCN(c2cccc(C)c2C)CC1)N1CCC(OCC)CC1. The molecule has 168 valence electrons. The van der Waals surface area contributed by atoms with Gasteiger partial charge in [-0.3, -0.25) is 9.89 Å². The van der Waals surface area contributed by atoms with Gasteiger partial charge >= 0.3 is 0 Å². The van der Waals surface area contributed by atoms with Crippen molar-refractivity contribution >= 4 is 11.6 Å². The van der Waals surface area contributed by atoms with Gasteiger partial charge in [0.05, 0.1) is 12.6 Å². The normalized spacial score (nSPS) is 19.4. The number of ether oxygens (including phenoxy) is 1. The average Bonchev–Trinajstić information content (AvgIpc) is 2.76. The lowest BCUT2D eigenvalue weighted by Gasteiger charge is -2.37. The summed E-state index contributed by atoms with van der Waals surface area (Å²) in [5.41, 5.74) is 4.20. The lowest BCUT2D eigenvalue weighted by atomic mass is 10.1. The second-order valence-corrected chi connectivity index (χ2v) is 8.43. The van der Waals surface area contributed by atoms with E-state index in [1.165, 1.54) is 16.8 Å². The van der Waals surface area contributed by atoms with E-state index < -0.39 is 0 Å². The summed E-state index contributed by atoms with van der Waals surface area (Å²) in [6, 6.07) is 6.65. The van der Waals surface area contributed by atoms with Crippen LogP contribution in [0.15, 0.2) is 23.2 Å². The first-order valence-corrected chi connectivity index (χ1v) is 11.8.